The van der Waals surface area contributed by atoms with Crippen molar-refractivity contribution in [3.05, 3.63) is 90.0 Å². The molecule has 27 heavy (non-hydrogen) atoms. The van der Waals surface area contributed by atoms with Gasteiger partial charge in [0.1, 0.15) is 13.2 Å². The number of nitrogens with one attached hydrogen (secondary N) is 1. The number of carbonyl (C=O) groups is 1. The van der Waals surface area contributed by atoms with Gasteiger partial charge in [-0.15, -0.1) is 0 Å². The van der Waals surface area contributed by atoms with Crippen LogP contribution in [0.4, 0.5) is 5.69 Å². The molecule has 4 rings (SSSR count). The molecular formula is C23H19NO3. The minimum Gasteiger partial charge on any atom is -0.486 e. The second kappa shape index (κ2) is 7.79. The van der Waals surface area contributed by atoms with Crippen molar-refractivity contribution in [1.29, 1.82) is 0 Å². The number of carbonyl (C=O) groups excluding carboxylic acids is 1. The first-order valence-electron chi connectivity index (χ1n) is 8.83. The fourth-order valence-electron chi connectivity index (χ4n) is 2.93. The molecular weight excluding hydrogens is 338 g/mol. The molecule has 1 aliphatic heterocycles. The summed E-state index contributed by atoms with van der Waals surface area (Å²) in [6.45, 7) is 1.05. The quantitative estimate of drug-likeness (QED) is 0.547. The number of fused-ring (bicyclic) bond motifs is 1. The number of rotatable bonds is 4. The Morgan fingerprint density at radius 2 is 1.48 bits per heavy atom. The third-order valence-electron chi connectivity index (χ3n) is 4.24. The zero-order valence-electron chi connectivity index (χ0n) is 14.7. The maximum atomic E-state index is 13.0. The van der Waals surface area contributed by atoms with Crippen LogP contribution in [0.3, 0.4) is 0 Å². The summed E-state index contributed by atoms with van der Waals surface area (Å²) in [4.78, 5) is 13.0. The van der Waals surface area contributed by atoms with Gasteiger partial charge >= 0.3 is 0 Å². The van der Waals surface area contributed by atoms with Crippen molar-refractivity contribution < 1.29 is 14.3 Å². The first-order chi connectivity index (χ1) is 13.3. The van der Waals surface area contributed by atoms with Gasteiger partial charge in [0.25, 0.3) is 5.91 Å². The van der Waals surface area contributed by atoms with Gasteiger partial charge in [-0.25, -0.2) is 0 Å². The van der Waals surface area contributed by atoms with Crippen LogP contribution < -0.4 is 14.8 Å². The van der Waals surface area contributed by atoms with E-state index < -0.39 is 0 Å². The van der Waals surface area contributed by atoms with Crippen LogP contribution in [0.15, 0.2) is 78.9 Å². The Balaban J connectivity index is 1.64. The van der Waals surface area contributed by atoms with Gasteiger partial charge in [0.2, 0.25) is 0 Å². The first-order valence-corrected chi connectivity index (χ1v) is 8.83. The van der Waals surface area contributed by atoms with E-state index in [1.165, 1.54) is 0 Å². The number of hydrogen-bond acceptors (Lipinski definition) is 3. The maximum absolute atomic E-state index is 13.0. The average Bonchev–Trinajstić information content (AvgIpc) is 2.73. The van der Waals surface area contributed by atoms with E-state index in [1.807, 2.05) is 78.9 Å². The van der Waals surface area contributed by atoms with Crippen LogP contribution in [-0.4, -0.2) is 19.1 Å². The van der Waals surface area contributed by atoms with Crippen molar-refractivity contribution in [2.24, 2.45) is 0 Å². The van der Waals surface area contributed by atoms with E-state index in [4.69, 9.17) is 9.47 Å². The lowest BCUT2D eigenvalue weighted by molar-refractivity contribution is -0.111. The number of hydrogen-bond donors (Lipinski definition) is 1. The van der Waals surface area contributed by atoms with Gasteiger partial charge in [0, 0.05) is 17.3 Å². The van der Waals surface area contributed by atoms with Gasteiger partial charge in [-0.05, 0) is 29.3 Å². The van der Waals surface area contributed by atoms with Crippen LogP contribution in [0.1, 0.15) is 11.1 Å². The van der Waals surface area contributed by atoms with Crippen molar-refractivity contribution in [2.75, 3.05) is 18.5 Å². The lowest BCUT2D eigenvalue weighted by Crippen LogP contribution is -2.17. The molecule has 0 bridgehead atoms. The molecule has 0 saturated heterocycles. The van der Waals surface area contributed by atoms with Gasteiger partial charge in [-0.1, -0.05) is 60.7 Å². The molecule has 0 unspecified atom stereocenters. The van der Waals surface area contributed by atoms with Crippen LogP contribution >= 0.6 is 0 Å². The summed E-state index contributed by atoms with van der Waals surface area (Å²) in [5.41, 5.74) is 3.08. The van der Waals surface area contributed by atoms with Crippen LogP contribution in [0.2, 0.25) is 0 Å². The molecule has 1 heterocycles. The highest BCUT2D eigenvalue weighted by Crippen LogP contribution is 2.33. The molecule has 0 radical (unpaired) electrons. The Morgan fingerprint density at radius 1 is 0.815 bits per heavy atom. The third-order valence-corrected chi connectivity index (χ3v) is 4.24. The molecule has 0 aliphatic carbocycles. The Kier molecular flexibility index (Phi) is 4.88. The van der Waals surface area contributed by atoms with E-state index >= 15 is 0 Å². The van der Waals surface area contributed by atoms with E-state index in [-0.39, 0.29) is 5.91 Å². The topological polar surface area (TPSA) is 47.6 Å². The summed E-state index contributed by atoms with van der Waals surface area (Å²) in [6, 6.07) is 24.9. The van der Waals surface area contributed by atoms with E-state index in [0.717, 1.165) is 11.1 Å². The van der Waals surface area contributed by atoms with Gasteiger partial charge in [-0.3, -0.25) is 4.79 Å². The molecule has 0 fully saturated rings. The van der Waals surface area contributed by atoms with Crippen LogP contribution in [-0.2, 0) is 4.79 Å². The highest BCUT2D eigenvalue weighted by Gasteiger charge is 2.16. The van der Waals surface area contributed by atoms with Crippen molar-refractivity contribution in [3.8, 4) is 11.5 Å². The van der Waals surface area contributed by atoms with Crippen molar-refractivity contribution in [3.63, 3.8) is 0 Å². The molecule has 4 heteroatoms. The summed E-state index contributed by atoms with van der Waals surface area (Å²) in [5.74, 6) is 1.16. The fraction of sp³-hybridized carbons (Fsp3) is 0.0870. The first kappa shape index (κ1) is 16.9. The van der Waals surface area contributed by atoms with Gasteiger partial charge in [0.05, 0.1) is 0 Å². The second-order valence-corrected chi connectivity index (χ2v) is 6.15. The number of benzene rings is 3. The maximum Gasteiger partial charge on any atom is 0.256 e. The minimum atomic E-state index is -0.179. The normalized spacial score (nSPS) is 13.1. The number of ether oxygens (including phenoxy) is 2. The summed E-state index contributed by atoms with van der Waals surface area (Å²) in [5, 5.41) is 2.97. The smallest absolute Gasteiger partial charge is 0.256 e. The number of anilines is 1. The van der Waals surface area contributed by atoms with Crippen LogP contribution in [0.5, 0.6) is 11.5 Å². The minimum absolute atomic E-state index is 0.179. The molecule has 0 aromatic heterocycles. The van der Waals surface area contributed by atoms with Crippen molar-refractivity contribution in [1.82, 2.24) is 0 Å². The largest absolute Gasteiger partial charge is 0.486 e. The Bertz CT molecular complexity index is 965. The van der Waals surface area contributed by atoms with Crippen molar-refractivity contribution in [2.45, 2.75) is 0 Å². The molecule has 3 aromatic carbocycles. The van der Waals surface area contributed by atoms with E-state index in [2.05, 4.69) is 5.32 Å². The summed E-state index contributed by atoms with van der Waals surface area (Å²) in [7, 11) is 0. The third kappa shape index (κ3) is 4.01. The van der Waals surface area contributed by atoms with E-state index in [1.54, 1.807) is 6.07 Å². The Hall–Kier alpha value is -3.53. The predicted octanol–water partition coefficient (Wildman–Crippen LogP) is 4.64. The van der Waals surface area contributed by atoms with Crippen molar-refractivity contribution >= 4 is 23.2 Å². The monoisotopic (exact) mass is 357 g/mol. The summed E-state index contributed by atoms with van der Waals surface area (Å²) >= 11 is 0. The lowest BCUT2D eigenvalue weighted by Gasteiger charge is -2.19. The summed E-state index contributed by atoms with van der Waals surface area (Å²) < 4.78 is 11.1. The highest BCUT2D eigenvalue weighted by molar-refractivity contribution is 6.29. The average molecular weight is 357 g/mol. The zero-order chi connectivity index (χ0) is 18.5. The number of amides is 1. The molecule has 1 N–H and O–H groups in total. The molecule has 0 atom stereocenters. The molecule has 0 spiro atoms. The molecule has 0 saturated carbocycles. The standard InChI is InChI=1S/C23H19NO3/c25-23(24-19-11-12-21-22(16-19)27-14-13-26-21)20(18-9-5-2-6-10-18)15-17-7-3-1-4-8-17/h1-12,15-16H,13-14H2,(H,24,25)/b20-15+. The van der Waals surface area contributed by atoms with Crippen LogP contribution in [0, 0.1) is 0 Å². The molecule has 1 amide bonds. The van der Waals surface area contributed by atoms with Gasteiger partial charge in [0.15, 0.2) is 11.5 Å². The summed E-state index contributed by atoms with van der Waals surface area (Å²) in [6.07, 6.45) is 1.89. The fourth-order valence-corrected chi connectivity index (χ4v) is 2.93. The predicted molar refractivity (Wildman–Crippen MR) is 107 cm³/mol. The SMILES string of the molecule is O=C(Nc1ccc2c(c1)OCCO2)/C(=C/c1ccccc1)c1ccccc1. The molecule has 4 nitrogen and oxygen atoms in total. The Morgan fingerprint density at radius 3 is 2.22 bits per heavy atom. The molecule has 1 aliphatic rings. The lowest BCUT2D eigenvalue weighted by atomic mass is 10.0. The van der Waals surface area contributed by atoms with E-state index in [9.17, 15) is 4.79 Å². The second-order valence-electron chi connectivity index (χ2n) is 6.15. The van der Waals surface area contributed by atoms with Gasteiger partial charge in [-0.2, -0.15) is 0 Å². The van der Waals surface area contributed by atoms with Gasteiger partial charge < -0.3 is 14.8 Å². The van der Waals surface area contributed by atoms with Crippen LogP contribution in [0.25, 0.3) is 11.6 Å². The zero-order valence-corrected chi connectivity index (χ0v) is 14.7. The molecule has 134 valence electrons. The van der Waals surface area contributed by atoms with E-state index in [0.29, 0.717) is 36.0 Å². The Labute approximate surface area is 158 Å². The molecule has 3 aromatic rings. The highest BCUT2D eigenvalue weighted by atomic mass is 16.6.